The van der Waals surface area contributed by atoms with Gasteiger partial charge in [0.05, 0.1) is 0 Å². The van der Waals surface area contributed by atoms with E-state index in [2.05, 4.69) is 63.8 Å². The second-order valence-electron chi connectivity index (χ2n) is 7.12. The molecule has 0 amide bonds. The average molecular weight is 290 g/mol. The maximum absolute atomic E-state index is 2.62. The molecule has 1 saturated heterocycles. The van der Waals surface area contributed by atoms with E-state index in [1.54, 1.807) is 0 Å². The third-order valence-electron chi connectivity index (χ3n) is 4.13. The van der Waals surface area contributed by atoms with Gasteiger partial charge in [-0.15, -0.1) is 0 Å². The Hall–Kier alpha value is -0.820. The van der Waals surface area contributed by atoms with Crippen LogP contribution in [0.2, 0.25) is 0 Å². The molecule has 21 heavy (non-hydrogen) atoms. The van der Waals surface area contributed by atoms with Crippen molar-refractivity contribution < 1.29 is 0 Å². The summed E-state index contributed by atoms with van der Waals surface area (Å²) in [6.45, 7) is 15.2. The van der Waals surface area contributed by atoms with Crippen LogP contribution in [0, 0.1) is 12.8 Å². The molecular formula is C20H35N. The number of aryl methyl sites for hydroxylation is 1. The number of benzene rings is 1. The fourth-order valence-corrected chi connectivity index (χ4v) is 3.07. The first-order valence-electron chi connectivity index (χ1n) is 8.78. The minimum absolute atomic E-state index is 0.654. The van der Waals surface area contributed by atoms with E-state index in [-0.39, 0.29) is 0 Å². The number of hydrogen-bond acceptors (Lipinski definition) is 1. The monoisotopic (exact) mass is 289 g/mol. The minimum Gasteiger partial charge on any atom is -0.303 e. The van der Waals surface area contributed by atoms with E-state index in [0.29, 0.717) is 5.92 Å². The molecule has 1 nitrogen and oxygen atoms in total. The molecular weight excluding hydrogens is 254 g/mol. The van der Waals surface area contributed by atoms with Crippen molar-refractivity contribution in [3.8, 4) is 0 Å². The average Bonchev–Trinajstić information content (AvgIpc) is 2.67. The van der Waals surface area contributed by atoms with E-state index in [1.807, 2.05) is 0 Å². The molecule has 0 saturated carbocycles. The fraction of sp³-hybridized carbons (Fsp3) is 0.700. The lowest BCUT2D eigenvalue weighted by Gasteiger charge is -2.21. The van der Waals surface area contributed by atoms with Crippen molar-refractivity contribution in [1.82, 2.24) is 4.90 Å². The van der Waals surface area contributed by atoms with Gasteiger partial charge >= 0.3 is 0 Å². The van der Waals surface area contributed by atoms with Crippen LogP contribution in [0.15, 0.2) is 24.3 Å². The summed E-state index contributed by atoms with van der Waals surface area (Å²) in [5.74, 6) is 1.49. The molecule has 0 radical (unpaired) electrons. The molecule has 1 aliphatic heterocycles. The summed E-state index contributed by atoms with van der Waals surface area (Å²) in [5, 5.41) is 0. The van der Waals surface area contributed by atoms with Crippen molar-refractivity contribution in [2.45, 2.75) is 66.2 Å². The first-order chi connectivity index (χ1) is 10.0. The van der Waals surface area contributed by atoms with Gasteiger partial charge in [0.1, 0.15) is 0 Å². The summed E-state index contributed by atoms with van der Waals surface area (Å²) in [4.78, 5) is 2.62. The molecule has 1 heteroatoms. The third kappa shape index (κ3) is 7.66. The highest BCUT2D eigenvalue weighted by Crippen LogP contribution is 2.17. The molecule has 0 bridgehead atoms. The first kappa shape index (κ1) is 18.2. The van der Waals surface area contributed by atoms with Crippen molar-refractivity contribution >= 4 is 0 Å². The Labute approximate surface area is 132 Å². The molecule has 0 spiro atoms. The zero-order chi connectivity index (χ0) is 15.7. The predicted molar refractivity (Wildman–Crippen MR) is 95.0 cm³/mol. The molecule has 1 aromatic carbocycles. The highest BCUT2D eigenvalue weighted by Gasteiger charge is 2.09. The second kappa shape index (κ2) is 10.00. The summed E-state index contributed by atoms with van der Waals surface area (Å²) < 4.78 is 0. The zero-order valence-corrected chi connectivity index (χ0v) is 14.9. The van der Waals surface area contributed by atoms with Gasteiger partial charge in [0.25, 0.3) is 0 Å². The van der Waals surface area contributed by atoms with Crippen molar-refractivity contribution in [2.24, 2.45) is 5.92 Å². The maximum atomic E-state index is 2.62. The molecule has 0 atom stereocenters. The van der Waals surface area contributed by atoms with Gasteiger partial charge in [0.15, 0.2) is 0 Å². The topological polar surface area (TPSA) is 3.24 Å². The van der Waals surface area contributed by atoms with E-state index < -0.39 is 0 Å². The van der Waals surface area contributed by atoms with Gasteiger partial charge in [-0.3, -0.25) is 0 Å². The fourth-order valence-electron chi connectivity index (χ4n) is 3.07. The largest absolute Gasteiger partial charge is 0.303 e. The van der Waals surface area contributed by atoms with E-state index >= 15 is 0 Å². The highest BCUT2D eigenvalue weighted by molar-refractivity contribution is 5.27. The lowest BCUT2D eigenvalue weighted by Crippen LogP contribution is -2.28. The van der Waals surface area contributed by atoms with E-state index in [1.165, 1.54) is 56.4 Å². The van der Waals surface area contributed by atoms with Crippen LogP contribution in [-0.2, 0) is 0 Å². The van der Waals surface area contributed by atoms with Gasteiger partial charge in [-0.1, -0.05) is 64.8 Å². The molecule has 1 aliphatic rings. The highest BCUT2D eigenvalue weighted by atomic mass is 15.1. The van der Waals surface area contributed by atoms with Crippen LogP contribution in [0.1, 0.15) is 70.4 Å². The van der Waals surface area contributed by atoms with Crippen LogP contribution < -0.4 is 0 Å². The van der Waals surface area contributed by atoms with Crippen LogP contribution in [0.25, 0.3) is 0 Å². The molecule has 1 heterocycles. The molecule has 0 aliphatic carbocycles. The molecule has 1 fully saturated rings. The van der Waals surface area contributed by atoms with Crippen LogP contribution in [-0.4, -0.2) is 24.5 Å². The van der Waals surface area contributed by atoms with Gasteiger partial charge in [-0.05, 0) is 55.8 Å². The molecule has 0 aromatic heterocycles. The van der Waals surface area contributed by atoms with Crippen molar-refractivity contribution in [3.05, 3.63) is 35.4 Å². The molecule has 0 unspecified atom stereocenters. The summed E-state index contributed by atoms with van der Waals surface area (Å²) in [5.41, 5.74) is 2.86. The summed E-state index contributed by atoms with van der Waals surface area (Å²) in [6, 6.07) is 8.54. The number of rotatable bonds is 3. The van der Waals surface area contributed by atoms with Gasteiger partial charge < -0.3 is 4.90 Å². The SMILES string of the molecule is CC(C)CN1CCCCCC1.Cc1ccccc1C(C)C. The normalized spacial score (nSPS) is 16.5. The van der Waals surface area contributed by atoms with E-state index in [0.717, 1.165) is 5.92 Å². The second-order valence-corrected chi connectivity index (χ2v) is 7.12. The zero-order valence-electron chi connectivity index (χ0n) is 14.9. The van der Waals surface area contributed by atoms with Crippen LogP contribution in [0.4, 0.5) is 0 Å². The number of likely N-dealkylation sites (tertiary alicyclic amines) is 1. The molecule has 120 valence electrons. The number of hydrogen-bond donors (Lipinski definition) is 0. The van der Waals surface area contributed by atoms with Crippen LogP contribution >= 0.6 is 0 Å². The lowest BCUT2D eigenvalue weighted by atomic mass is 9.99. The van der Waals surface area contributed by atoms with E-state index in [9.17, 15) is 0 Å². The predicted octanol–water partition coefficient (Wildman–Crippen LogP) is 5.64. The third-order valence-corrected chi connectivity index (χ3v) is 4.13. The Morgan fingerprint density at radius 3 is 1.90 bits per heavy atom. The first-order valence-corrected chi connectivity index (χ1v) is 8.78. The Kier molecular flexibility index (Phi) is 8.68. The van der Waals surface area contributed by atoms with Crippen LogP contribution in [0.5, 0.6) is 0 Å². The van der Waals surface area contributed by atoms with Gasteiger partial charge in [0, 0.05) is 6.54 Å². The lowest BCUT2D eigenvalue weighted by molar-refractivity contribution is 0.254. The Balaban J connectivity index is 0.000000211. The summed E-state index contributed by atoms with van der Waals surface area (Å²) in [6.07, 6.45) is 5.75. The Morgan fingerprint density at radius 1 is 0.905 bits per heavy atom. The standard InChI is InChI=1S/C10H21N.C10H14/c1-10(2)9-11-7-5-3-4-6-8-11;1-8(2)10-7-5-4-6-9(10)3/h10H,3-9H2,1-2H3;4-8H,1-3H3. The molecule has 2 rings (SSSR count). The smallest absolute Gasteiger partial charge is 0.000438 e. The molecule has 1 aromatic rings. The van der Waals surface area contributed by atoms with E-state index in [4.69, 9.17) is 0 Å². The van der Waals surface area contributed by atoms with Crippen molar-refractivity contribution in [3.63, 3.8) is 0 Å². The Bertz CT molecular complexity index is 373. The summed E-state index contributed by atoms with van der Waals surface area (Å²) >= 11 is 0. The van der Waals surface area contributed by atoms with Crippen molar-refractivity contribution in [1.29, 1.82) is 0 Å². The van der Waals surface area contributed by atoms with Gasteiger partial charge in [0.2, 0.25) is 0 Å². The minimum atomic E-state index is 0.654. The van der Waals surface area contributed by atoms with Gasteiger partial charge in [-0.2, -0.15) is 0 Å². The molecule has 0 N–H and O–H groups in total. The Morgan fingerprint density at radius 2 is 1.48 bits per heavy atom. The quantitative estimate of drug-likeness (QED) is 0.696. The number of nitrogens with zero attached hydrogens (tertiary/aromatic N) is 1. The van der Waals surface area contributed by atoms with Crippen LogP contribution in [0.3, 0.4) is 0 Å². The van der Waals surface area contributed by atoms with Crippen molar-refractivity contribution in [2.75, 3.05) is 19.6 Å². The maximum Gasteiger partial charge on any atom is 0.000438 e. The van der Waals surface area contributed by atoms with Gasteiger partial charge in [-0.25, -0.2) is 0 Å². The summed E-state index contributed by atoms with van der Waals surface area (Å²) in [7, 11) is 0.